The van der Waals surface area contributed by atoms with Crippen LogP contribution in [0, 0.1) is 0 Å². The van der Waals surface area contributed by atoms with Crippen LogP contribution < -0.4 is 9.46 Å². The second-order valence-electron chi connectivity index (χ2n) is 6.30. The third-order valence-corrected chi connectivity index (χ3v) is 7.76. The molecule has 0 atom stereocenters. The van der Waals surface area contributed by atoms with Gasteiger partial charge in [0.15, 0.2) is 0 Å². The zero-order chi connectivity index (χ0) is 19.9. The number of nitrogens with zero attached hydrogens (tertiary/aromatic N) is 1. The van der Waals surface area contributed by atoms with Gasteiger partial charge in [-0.2, -0.15) is 0 Å². The normalized spacial score (nSPS) is 13.1. The number of methoxy groups -OCH3 is 1. The molecule has 1 N–H and O–H groups in total. The molecular weight excluding hydrogens is 439 g/mol. The van der Waals surface area contributed by atoms with Crippen molar-refractivity contribution in [3.8, 4) is 17.0 Å². The summed E-state index contributed by atoms with van der Waals surface area (Å²) in [5.74, 6) is 0.824. The van der Waals surface area contributed by atoms with Crippen LogP contribution in [0.15, 0.2) is 41.3 Å². The summed E-state index contributed by atoms with van der Waals surface area (Å²) in [6.07, 6.45) is 1.79. The second kappa shape index (κ2) is 7.65. The molecule has 0 radical (unpaired) electrons. The van der Waals surface area contributed by atoms with Gasteiger partial charge < -0.3 is 4.74 Å². The summed E-state index contributed by atoms with van der Waals surface area (Å²) in [6.45, 7) is 0.102. The molecule has 28 heavy (non-hydrogen) atoms. The van der Waals surface area contributed by atoms with Gasteiger partial charge in [0, 0.05) is 15.5 Å². The van der Waals surface area contributed by atoms with Gasteiger partial charge in [-0.15, -0.1) is 11.3 Å². The number of hydrogen-bond donors (Lipinski definition) is 1. The Kier molecular flexibility index (Phi) is 5.37. The molecule has 2 aromatic carbocycles. The number of aromatic nitrogens is 1. The Bertz CT molecular complexity index is 1160. The molecule has 5 nitrogen and oxygen atoms in total. The summed E-state index contributed by atoms with van der Waals surface area (Å²) in [5, 5.41) is 1.18. The number of fused-ring (bicyclic) bond motifs is 3. The number of nitrogens with one attached hydrogen (secondary N) is 1. The van der Waals surface area contributed by atoms with Crippen LogP contribution in [0.2, 0.25) is 10.0 Å². The molecule has 1 heterocycles. The van der Waals surface area contributed by atoms with Gasteiger partial charge in [-0.05, 0) is 54.8 Å². The van der Waals surface area contributed by atoms with E-state index in [1.54, 1.807) is 7.11 Å². The van der Waals surface area contributed by atoms with E-state index in [-0.39, 0.29) is 16.5 Å². The third-order valence-electron chi connectivity index (χ3n) is 4.53. The standard InChI is InChI=1S/C19H16Cl2N2O3S2/c1-26-13-4-5-14-11(8-13)2-6-16-19(14)23-18(27-16)10-22-28(24,25)17-7-3-12(20)9-15(17)21/h3-5,7-9,22H,2,6,10H2,1H3. The minimum Gasteiger partial charge on any atom is -0.497 e. The molecule has 1 aromatic heterocycles. The van der Waals surface area contributed by atoms with Gasteiger partial charge in [-0.25, -0.2) is 18.1 Å². The fraction of sp³-hybridized carbons (Fsp3) is 0.211. The summed E-state index contributed by atoms with van der Waals surface area (Å²) in [5.41, 5.74) is 3.19. The molecule has 1 aliphatic rings. The largest absolute Gasteiger partial charge is 0.497 e. The molecule has 0 fully saturated rings. The van der Waals surface area contributed by atoms with E-state index in [4.69, 9.17) is 27.9 Å². The topological polar surface area (TPSA) is 68.3 Å². The van der Waals surface area contributed by atoms with E-state index in [2.05, 4.69) is 9.71 Å². The van der Waals surface area contributed by atoms with Crippen LogP contribution in [0.5, 0.6) is 5.75 Å². The van der Waals surface area contributed by atoms with Gasteiger partial charge in [0.1, 0.15) is 15.7 Å². The van der Waals surface area contributed by atoms with Gasteiger partial charge in [0.25, 0.3) is 0 Å². The van der Waals surface area contributed by atoms with Crippen LogP contribution in [-0.2, 0) is 29.4 Å². The van der Waals surface area contributed by atoms with Crippen molar-refractivity contribution >= 4 is 44.6 Å². The van der Waals surface area contributed by atoms with Crippen LogP contribution in [0.4, 0.5) is 0 Å². The fourth-order valence-corrected chi connectivity index (χ4v) is 6.04. The maximum absolute atomic E-state index is 12.6. The molecule has 3 aromatic rings. The molecule has 9 heteroatoms. The van der Waals surface area contributed by atoms with Gasteiger partial charge in [-0.1, -0.05) is 23.2 Å². The van der Waals surface area contributed by atoms with E-state index in [0.717, 1.165) is 34.7 Å². The van der Waals surface area contributed by atoms with Crippen LogP contribution in [-0.4, -0.2) is 20.5 Å². The molecule has 0 spiro atoms. The van der Waals surface area contributed by atoms with Crippen molar-refractivity contribution in [2.45, 2.75) is 24.3 Å². The summed E-state index contributed by atoms with van der Waals surface area (Å²) in [6, 6.07) is 10.2. The van der Waals surface area contributed by atoms with E-state index in [1.807, 2.05) is 18.2 Å². The van der Waals surface area contributed by atoms with Crippen molar-refractivity contribution in [1.82, 2.24) is 9.71 Å². The van der Waals surface area contributed by atoms with Gasteiger partial charge in [0.05, 0.1) is 24.4 Å². The van der Waals surface area contributed by atoms with Crippen molar-refractivity contribution in [2.75, 3.05) is 7.11 Å². The fourth-order valence-electron chi connectivity index (χ4n) is 3.17. The number of sulfonamides is 1. The highest BCUT2D eigenvalue weighted by Gasteiger charge is 2.23. The SMILES string of the molecule is COc1ccc2c(c1)CCc1sc(CNS(=O)(=O)c3ccc(Cl)cc3Cl)nc1-2. The number of rotatable bonds is 5. The molecule has 1 aliphatic carbocycles. The Balaban J connectivity index is 1.57. The number of hydrogen-bond acceptors (Lipinski definition) is 5. The van der Waals surface area contributed by atoms with Crippen molar-refractivity contribution in [3.05, 3.63) is 61.9 Å². The molecular formula is C19H16Cl2N2O3S2. The monoisotopic (exact) mass is 454 g/mol. The Labute approximate surface area is 177 Å². The summed E-state index contributed by atoms with van der Waals surface area (Å²) >= 11 is 13.4. The Morgan fingerprint density at radius 3 is 2.75 bits per heavy atom. The molecule has 0 saturated carbocycles. The second-order valence-corrected chi connectivity index (χ2v) is 10.0. The predicted molar refractivity (Wildman–Crippen MR) is 112 cm³/mol. The number of benzene rings is 2. The van der Waals surface area contributed by atoms with E-state index in [9.17, 15) is 8.42 Å². The van der Waals surface area contributed by atoms with E-state index < -0.39 is 10.0 Å². The molecule has 0 bridgehead atoms. The molecule has 0 unspecified atom stereocenters. The average molecular weight is 455 g/mol. The number of thiazole rings is 1. The number of ether oxygens (including phenoxy) is 1. The third kappa shape index (κ3) is 3.77. The Morgan fingerprint density at radius 2 is 2.00 bits per heavy atom. The molecule has 0 aliphatic heterocycles. The molecule has 0 amide bonds. The van der Waals surface area contributed by atoms with Crippen molar-refractivity contribution in [1.29, 1.82) is 0 Å². The Hall–Kier alpha value is -1.64. The summed E-state index contributed by atoms with van der Waals surface area (Å²) < 4.78 is 33.0. The predicted octanol–water partition coefficient (Wildman–Crippen LogP) is 4.70. The minimum absolute atomic E-state index is 0.00248. The van der Waals surface area contributed by atoms with E-state index in [1.165, 1.54) is 35.1 Å². The van der Waals surface area contributed by atoms with E-state index >= 15 is 0 Å². The number of halogens is 2. The molecule has 0 saturated heterocycles. The van der Waals surface area contributed by atoms with Gasteiger partial charge >= 0.3 is 0 Å². The van der Waals surface area contributed by atoms with Crippen LogP contribution in [0.3, 0.4) is 0 Å². The first-order chi connectivity index (χ1) is 13.4. The lowest BCUT2D eigenvalue weighted by atomic mass is 9.93. The maximum Gasteiger partial charge on any atom is 0.242 e. The van der Waals surface area contributed by atoms with Crippen molar-refractivity contribution in [2.24, 2.45) is 0 Å². The average Bonchev–Trinajstić information content (AvgIpc) is 3.09. The zero-order valence-corrected chi connectivity index (χ0v) is 18.0. The van der Waals surface area contributed by atoms with Crippen LogP contribution in [0.25, 0.3) is 11.3 Å². The first kappa shape index (κ1) is 19.7. The van der Waals surface area contributed by atoms with Crippen molar-refractivity contribution < 1.29 is 13.2 Å². The highest BCUT2D eigenvalue weighted by Crippen LogP contribution is 2.38. The van der Waals surface area contributed by atoms with Gasteiger partial charge in [0.2, 0.25) is 10.0 Å². The summed E-state index contributed by atoms with van der Waals surface area (Å²) in [7, 11) is -2.12. The lowest BCUT2D eigenvalue weighted by Crippen LogP contribution is -2.23. The maximum atomic E-state index is 12.6. The van der Waals surface area contributed by atoms with Crippen LogP contribution in [0.1, 0.15) is 15.4 Å². The Morgan fingerprint density at radius 1 is 1.18 bits per heavy atom. The summed E-state index contributed by atoms with van der Waals surface area (Å²) in [4.78, 5) is 5.84. The quantitative estimate of drug-likeness (QED) is 0.606. The lowest BCUT2D eigenvalue weighted by Gasteiger charge is -2.15. The highest BCUT2D eigenvalue weighted by molar-refractivity contribution is 7.89. The molecule has 146 valence electrons. The molecule has 4 rings (SSSR count). The van der Waals surface area contributed by atoms with E-state index in [0.29, 0.717) is 10.0 Å². The number of aryl methyl sites for hydroxylation is 2. The first-order valence-electron chi connectivity index (χ1n) is 8.48. The van der Waals surface area contributed by atoms with Crippen LogP contribution >= 0.6 is 34.5 Å². The van der Waals surface area contributed by atoms with Crippen molar-refractivity contribution in [3.63, 3.8) is 0 Å². The highest BCUT2D eigenvalue weighted by atomic mass is 35.5. The minimum atomic E-state index is -3.77. The zero-order valence-electron chi connectivity index (χ0n) is 14.8. The first-order valence-corrected chi connectivity index (χ1v) is 11.5. The van der Waals surface area contributed by atoms with Gasteiger partial charge in [-0.3, -0.25) is 0 Å². The smallest absolute Gasteiger partial charge is 0.242 e. The lowest BCUT2D eigenvalue weighted by molar-refractivity contribution is 0.414.